The molecule has 3 rings (SSSR count). The molecule has 104 valence electrons. The Kier molecular flexibility index (Phi) is 3.45. The minimum Gasteiger partial charge on any atom is -0.366 e. The molecule has 1 aromatic rings. The van der Waals surface area contributed by atoms with E-state index in [9.17, 15) is 0 Å². The highest BCUT2D eigenvalue weighted by atomic mass is 35.5. The van der Waals surface area contributed by atoms with Crippen molar-refractivity contribution >= 4 is 28.9 Å². The van der Waals surface area contributed by atoms with E-state index < -0.39 is 0 Å². The van der Waals surface area contributed by atoms with Gasteiger partial charge in [0.1, 0.15) is 0 Å². The molecule has 0 amide bonds. The van der Waals surface area contributed by atoms with Crippen molar-refractivity contribution in [2.45, 2.75) is 38.3 Å². The number of halogens is 2. The molecule has 1 aliphatic carbocycles. The summed E-state index contributed by atoms with van der Waals surface area (Å²) in [5, 5.41) is 5.15. The molecule has 2 unspecified atom stereocenters. The van der Waals surface area contributed by atoms with E-state index in [0.717, 1.165) is 24.7 Å². The van der Waals surface area contributed by atoms with Gasteiger partial charge in [0.15, 0.2) is 0 Å². The Morgan fingerprint density at radius 3 is 2.42 bits per heavy atom. The fraction of sp³-hybridized carbons (Fsp3) is 0.600. The average Bonchev–Trinajstić information content (AvgIpc) is 3.15. The van der Waals surface area contributed by atoms with Crippen LogP contribution < -0.4 is 10.2 Å². The Morgan fingerprint density at radius 1 is 1.21 bits per heavy atom. The van der Waals surface area contributed by atoms with Gasteiger partial charge < -0.3 is 10.2 Å². The van der Waals surface area contributed by atoms with E-state index in [-0.39, 0.29) is 5.54 Å². The molecule has 0 radical (unpaired) electrons. The van der Waals surface area contributed by atoms with Gasteiger partial charge in [-0.2, -0.15) is 0 Å². The molecule has 1 saturated heterocycles. The van der Waals surface area contributed by atoms with Gasteiger partial charge in [0.2, 0.25) is 0 Å². The number of rotatable bonds is 2. The maximum atomic E-state index is 6.14. The van der Waals surface area contributed by atoms with Crippen LogP contribution in [-0.2, 0) is 0 Å². The first-order valence-corrected chi connectivity index (χ1v) is 7.71. The van der Waals surface area contributed by atoms with Crippen LogP contribution >= 0.6 is 23.2 Å². The molecule has 2 aliphatic rings. The van der Waals surface area contributed by atoms with Gasteiger partial charge in [-0.15, -0.1) is 0 Å². The molecular weight excluding hydrogens is 279 g/mol. The summed E-state index contributed by atoms with van der Waals surface area (Å²) in [7, 11) is 0. The second kappa shape index (κ2) is 4.83. The molecule has 1 N–H and O–H groups in total. The van der Waals surface area contributed by atoms with Crippen molar-refractivity contribution in [2.75, 3.05) is 18.0 Å². The zero-order chi connectivity index (χ0) is 13.6. The predicted molar refractivity (Wildman–Crippen MR) is 82.4 cm³/mol. The Morgan fingerprint density at radius 2 is 1.84 bits per heavy atom. The molecule has 4 heteroatoms. The minimum atomic E-state index is 0.224. The summed E-state index contributed by atoms with van der Waals surface area (Å²) in [5.41, 5.74) is 1.36. The first-order valence-electron chi connectivity index (χ1n) is 6.96. The molecular formula is C15H20Cl2N2. The van der Waals surface area contributed by atoms with Crippen LogP contribution in [0.4, 0.5) is 5.69 Å². The topological polar surface area (TPSA) is 15.3 Å². The second-order valence-electron chi connectivity index (χ2n) is 6.18. The quantitative estimate of drug-likeness (QED) is 0.889. The van der Waals surface area contributed by atoms with Crippen LogP contribution in [0.1, 0.15) is 26.7 Å². The summed E-state index contributed by atoms with van der Waals surface area (Å²) in [6.07, 6.45) is 2.70. The zero-order valence-electron chi connectivity index (χ0n) is 11.4. The van der Waals surface area contributed by atoms with Crippen molar-refractivity contribution in [3.63, 3.8) is 0 Å². The molecule has 2 atom stereocenters. The van der Waals surface area contributed by atoms with E-state index in [2.05, 4.69) is 24.1 Å². The maximum Gasteiger partial charge on any atom is 0.0441 e. The Labute approximate surface area is 125 Å². The summed E-state index contributed by atoms with van der Waals surface area (Å²) >= 11 is 12.3. The van der Waals surface area contributed by atoms with Crippen LogP contribution in [0, 0.1) is 5.92 Å². The predicted octanol–water partition coefficient (Wildman–Crippen LogP) is 3.96. The third-order valence-corrected chi connectivity index (χ3v) is 4.93. The molecule has 1 aliphatic heterocycles. The lowest BCUT2D eigenvalue weighted by molar-refractivity contribution is 0.261. The van der Waals surface area contributed by atoms with Crippen molar-refractivity contribution in [1.29, 1.82) is 0 Å². The van der Waals surface area contributed by atoms with Crippen molar-refractivity contribution < 1.29 is 0 Å². The molecule has 1 heterocycles. The second-order valence-corrected chi connectivity index (χ2v) is 7.05. The van der Waals surface area contributed by atoms with E-state index in [4.69, 9.17) is 23.2 Å². The third kappa shape index (κ3) is 2.72. The Hall–Kier alpha value is -0.440. The van der Waals surface area contributed by atoms with Crippen LogP contribution in [0.25, 0.3) is 0 Å². The normalized spacial score (nSPS) is 31.6. The van der Waals surface area contributed by atoms with Gasteiger partial charge in [-0.25, -0.2) is 0 Å². The minimum absolute atomic E-state index is 0.224. The molecule has 0 aromatic heterocycles. The maximum absolute atomic E-state index is 6.14. The van der Waals surface area contributed by atoms with Crippen molar-refractivity contribution in [3.8, 4) is 0 Å². The van der Waals surface area contributed by atoms with Crippen LogP contribution in [-0.4, -0.2) is 24.7 Å². The number of nitrogens with one attached hydrogen (secondary N) is 1. The smallest absolute Gasteiger partial charge is 0.0441 e. The number of hydrogen-bond donors (Lipinski definition) is 1. The monoisotopic (exact) mass is 298 g/mol. The van der Waals surface area contributed by atoms with E-state index in [1.165, 1.54) is 12.8 Å². The summed E-state index contributed by atoms with van der Waals surface area (Å²) in [4.78, 5) is 2.44. The highest BCUT2D eigenvalue weighted by molar-refractivity contribution is 6.35. The number of anilines is 1. The van der Waals surface area contributed by atoms with E-state index in [0.29, 0.717) is 16.1 Å². The van der Waals surface area contributed by atoms with E-state index in [1.54, 1.807) is 6.07 Å². The fourth-order valence-electron chi connectivity index (χ4n) is 3.10. The molecule has 2 nitrogen and oxygen atoms in total. The van der Waals surface area contributed by atoms with Crippen molar-refractivity contribution in [2.24, 2.45) is 5.92 Å². The highest BCUT2D eigenvalue weighted by Gasteiger charge is 2.45. The van der Waals surface area contributed by atoms with Crippen molar-refractivity contribution in [1.82, 2.24) is 5.32 Å². The summed E-state index contributed by atoms with van der Waals surface area (Å²) < 4.78 is 0. The SMILES string of the molecule is CC1CNC(C)(C2CC2)CN1c1cc(Cl)cc(Cl)c1. The lowest BCUT2D eigenvalue weighted by Gasteiger charge is -2.47. The molecule has 1 saturated carbocycles. The summed E-state index contributed by atoms with van der Waals surface area (Å²) in [6.45, 7) is 6.62. The number of piperazine rings is 1. The fourth-order valence-corrected chi connectivity index (χ4v) is 3.62. The first-order chi connectivity index (χ1) is 8.98. The van der Waals surface area contributed by atoms with Gasteiger partial charge in [0, 0.05) is 40.4 Å². The van der Waals surface area contributed by atoms with Crippen LogP contribution in [0.3, 0.4) is 0 Å². The molecule has 0 bridgehead atoms. The van der Waals surface area contributed by atoms with Gasteiger partial charge in [-0.3, -0.25) is 0 Å². The van der Waals surface area contributed by atoms with Crippen LogP contribution in [0.5, 0.6) is 0 Å². The Balaban J connectivity index is 1.88. The van der Waals surface area contributed by atoms with Gasteiger partial charge in [-0.05, 0) is 50.8 Å². The molecule has 2 fully saturated rings. The number of hydrogen-bond acceptors (Lipinski definition) is 2. The van der Waals surface area contributed by atoms with Gasteiger partial charge >= 0.3 is 0 Å². The largest absolute Gasteiger partial charge is 0.366 e. The third-order valence-electron chi connectivity index (χ3n) is 4.49. The summed E-state index contributed by atoms with van der Waals surface area (Å²) in [5.74, 6) is 0.817. The van der Waals surface area contributed by atoms with E-state index in [1.807, 2.05) is 12.1 Å². The zero-order valence-corrected chi connectivity index (χ0v) is 12.9. The number of nitrogens with zero attached hydrogens (tertiary/aromatic N) is 1. The standard InChI is InChI=1S/C15H20Cl2N2/c1-10-8-18-15(2,11-3-4-11)9-19(10)14-6-12(16)5-13(17)7-14/h5-7,10-11,18H,3-4,8-9H2,1-2H3. The number of benzene rings is 1. The van der Waals surface area contributed by atoms with E-state index >= 15 is 0 Å². The first kappa shape index (κ1) is 13.5. The molecule has 19 heavy (non-hydrogen) atoms. The summed E-state index contributed by atoms with van der Waals surface area (Å²) in [6, 6.07) is 6.28. The van der Waals surface area contributed by atoms with Crippen LogP contribution in [0.15, 0.2) is 18.2 Å². The lowest BCUT2D eigenvalue weighted by atomic mass is 9.91. The molecule has 0 spiro atoms. The lowest BCUT2D eigenvalue weighted by Crippen LogP contribution is -2.63. The highest BCUT2D eigenvalue weighted by Crippen LogP contribution is 2.42. The Bertz CT molecular complexity index is 467. The van der Waals surface area contributed by atoms with Crippen molar-refractivity contribution in [3.05, 3.63) is 28.2 Å². The van der Waals surface area contributed by atoms with Gasteiger partial charge in [-0.1, -0.05) is 23.2 Å². The van der Waals surface area contributed by atoms with Gasteiger partial charge in [0.05, 0.1) is 0 Å². The average molecular weight is 299 g/mol. The molecule has 1 aromatic carbocycles. The van der Waals surface area contributed by atoms with Gasteiger partial charge in [0.25, 0.3) is 0 Å². The van der Waals surface area contributed by atoms with Crippen LogP contribution in [0.2, 0.25) is 10.0 Å².